The van der Waals surface area contributed by atoms with Crippen molar-refractivity contribution in [3.8, 4) is 0 Å². The van der Waals surface area contributed by atoms with Crippen LogP contribution in [0.1, 0.15) is 25.6 Å². The summed E-state index contributed by atoms with van der Waals surface area (Å²) >= 11 is 0. The van der Waals surface area contributed by atoms with Crippen molar-refractivity contribution >= 4 is 16.8 Å². The number of rotatable bonds is 6. The van der Waals surface area contributed by atoms with Crippen LogP contribution in [0.15, 0.2) is 29.1 Å². The van der Waals surface area contributed by atoms with Gasteiger partial charge in [-0.15, -0.1) is 0 Å². The van der Waals surface area contributed by atoms with Crippen molar-refractivity contribution in [2.24, 2.45) is 5.92 Å². The zero-order valence-corrected chi connectivity index (χ0v) is 15.0. The summed E-state index contributed by atoms with van der Waals surface area (Å²) in [5.74, 6) is 0.814. The van der Waals surface area contributed by atoms with Crippen LogP contribution in [0.3, 0.4) is 0 Å². The van der Waals surface area contributed by atoms with Crippen molar-refractivity contribution in [2.75, 3.05) is 26.2 Å². The topological polar surface area (TPSA) is 67.2 Å². The van der Waals surface area contributed by atoms with Gasteiger partial charge in [-0.2, -0.15) is 0 Å². The third-order valence-corrected chi connectivity index (χ3v) is 4.77. The summed E-state index contributed by atoms with van der Waals surface area (Å²) in [6, 6.07) is 7.23. The highest BCUT2D eigenvalue weighted by atomic mass is 16.2. The van der Waals surface area contributed by atoms with Gasteiger partial charge in [0.15, 0.2) is 0 Å². The molecule has 134 valence electrons. The Morgan fingerprint density at radius 1 is 1.28 bits per heavy atom. The van der Waals surface area contributed by atoms with Crippen molar-refractivity contribution in [1.29, 1.82) is 0 Å². The van der Waals surface area contributed by atoms with Gasteiger partial charge < -0.3 is 10.2 Å². The Morgan fingerprint density at radius 2 is 2.00 bits per heavy atom. The van der Waals surface area contributed by atoms with Crippen LogP contribution in [-0.2, 0) is 11.3 Å². The first-order valence-corrected chi connectivity index (χ1v) is 9.00. The number of carbonyl (C=O) groups excluding carboxylic acids is 1. The van der Waals surface area contributed by atoms with Gasteiger partial charge in [0.25, 0.3) is 5.56 Å². The normalized spacial score (nSPS) is 16.2. The van der Waals surface area contributed by atoms with Gasteiger partial charge in [0.2, 0.25) is 5.91 Å². The lowest BCUT2D eigenvalue weighted by Crippen LogP contribution is -2.38. The number of fused-ring (bicyclic) bond motifs is 1. The molecule has 3 rings (SSSR count). The molecule has 1 amide bonds. The number of nitrogens with zero attached hydrogens (tertiary/aromatic N) is 3. The maximum atomic E-state index is 12.6. The summed E-state index contributed by atoms with van der Waals surface area (Å²) in [5, 5.41) is 3.50. The van der Waals surface area contributed by atoms with Gasteiger partial charge in [0, 0.05) is 13.1 Å². The van der Waals surface area contributed by atoms with Crippen LogP contribution in [0.4, 0.5) is 0 Å². The van der Waals surface area contributed by atoms with Crippen molar-refractivity contribution < 1.29 is 4.79 Å². The summed E-state index contributed by atoms with van der Waals surface area (Å²) < 4.78 is 1.45. The first kappa shape index (κ1) is 17.6. The lowest BCUT2D eigenvalue weighted by Gasteiger charge is -2.20. The van der Waals surface area contributed by atoms with E-state index in [0.717, 1.165) is 19.6 Å². The second-order valence-electron chi connectivity index (χ2n) is 6.98. The van der Waals surface area contributed by atoms with E-state index >= 15 is 0 Å². The molecule has 1 atom stereocenters. The lowest BCUT2D eigenvalue weighted by molar-refractivity contribution is -0.121. The summed E-state index contributed by atoms with van der Waals surface area (Å²) in [6.45, 7) is 7.88. The van der Waals surface area contributed by atoms with Crippen molar-refractivity contribution in [2.45, 2.75) is 33.2 Å². The smallest absolute Gasteiger partial charge is 0.261 e. The molecule has 0 radical (unpaired) electrons. The molecule has 1 aromatic carbocycles. The molecule has 1 aromatic heterocycles. The molecule has 0 aliphatic carbocycles. The number of aromatic nitrogens is 2. The number of hydrogen-bond acceptors (Lipinski definition) is 4. The Hall–Kier alpha value is -2.21. The van der Waals surface area contributed by atoms with Gasteiger partial charge >= 0.3 is 0 Å². The summed E-state index contributed by atoms with van der Waals surface area (Å²) in [6.07, 6.45) is 2.55. The van der Waals surface area contributed by atoms with Crippen LogP contribution in [0, 0.1) is 12.8 Å². The highest BCUT2D eigenvalue weighted by Crippen LogP contribution is 2.10. The van der Waals surface area contributed by atoms with E-state index in [1.54, 1.807) is 13.0 Å². The molecule has 1 saturated heterocycles. The van der Waals surface area contributed by atoms with Crippen molar-refractivity contribution in [1.82, 2.24) is 19.8 Å². The molecule has 0 spiro atoms. The number of likely N-dealkylation sites (tertiary alicyclic amines) is 1. The van der Waals surface area contributed by atoms with Gasteiger partial charge in [0.05, 0.1) is 10.9 Å². The highest BCUT2D eigenvalue weighted by molar-refractivity contribution is 5.79. The van der Waals surface area contributed by atoms with Gasteiger partial charge in [-0.25, -0.2) is 4.98 Å². The third kappa shape index (κ3) is 4.25. The Morgan fingerprint density at radius 3 is 2.76 bits per heavy atom. The monoisotopic (exact) mass is 342 g/mol. The Balaban J connectivity index is 1.61. The van der Waals surface area contributed by atoms with E-state index in [4.69, 9.17) is 0 Å². The maximum absolute atomic E-state index is 12.6. The molecule has 6 nitrogen and oxygen atoms in total. The van der Waals surface area contributed by atoms with Crippen LogP contribution in [0.25, 0.3) is 10.9 Å². The van der Waals surface area contributed by atoms with Crippen molar-refractivity contribution in [3.05, 3.63) is 40.4 Å². The van der Waals surface area contributed by atoms with E-state index in [-0.39, 0.29) is 18.0 Å². The van der Waals surface area contributed by atoms with Crippen molar-refractivity contribution in [3.63, 3.8) is 0 Å². The van der Waals surface area contributed by atoms with E-state index in [0.29, 0.717) is 29.2 Å². The fraction of sp³-hybridized carbons (Fsp3) is 0.526. The predicted molar refractivity (Wildman–Crippen MR) is 98.6 cm³/mol. The number of hydrogen-bond donors (Lipinski definition) is 1. The van der Waals surface area contributed by atoms with E-state index < -0.39 is 0 Å². The van der Waals surface area contributed by atoms with E-state index in [1.807, 2.05) is 18.2 Å². The molecule has 6 heteroatoms. The van der Waals surface area contributed by atoms with Crippen LogP contribution >= 0.6 is 0 Å². The Labute approximate surface area is 147 Å². The first-order valence-electron chi connectivity index (χ1n) is 9.00. The number of amides is 1. The molecule has 0 unspecified atom stereocenters. The molecular formula is C19H26N4O2. The summed E-state index contributed by atoms with van der Waals surface area (Å²) in [5.41, 5.74) is 0.504. The molecule has 25 heavy (non-hydrogen) atoms. The number of para-hydroxylation sites is 1. The number of nitrogens with one attached hydrogen (secondary N) is 1. The van der Waals surface area contributed by atoms with Crippen LogP contribution < -0.4 is 10.9 Å². The molecule has 1 aliphatic heterocycles. The standard InChI is InChI=1S/C19H26N4O2/c1-14(12-22-9-5-6-10-22)11-20-18(24)13-23-15(2)21-17-8-4-3-7-16(17)19(23)25/h3-4,7-8,14H,5-6,9-13H2,1-2H3,(H,20,24)/t14-/m0/s1. The highest BCUT2D eigenvalue weighted by Gasteiger charge is 2.16. The molecule has 0 bridgehead atoms. The number of benzene rings is 1. The molecule has 2 heterocycles. The van der Waals surface area contributed by atoms with Crippen LogP contribution in [-0.4, -0.2) is 46.5 Å². The molecule has 1 N–H and O–H groups in total. The Kier molecular flexibility index (Phi) is 5.48. The van der Waals surface area contributed by atoms with Gasteiger partial charge in [-0.3, -0.25) is 14.2 Å². The molecule has 1 aliphatic rings. The largest absolute Gasteiger partial charge is 0.354 e. The average Bonchev–Trinajstić information content (AvgIpc) is 3.10. The van der Waals surface area contributed by atoms with Gasteiger partial charge in [-0.05, 0) is 50.9 Å². The van der Waals surface area contributed by atoms with E-state index in [1.165, 1.54) is 17.4 Å². The minimum atomic E-state index is -0.164. The van der Waals surface area contributed by atoms with E-state index in [2.05, 4.69) is 22.1 Å². The van der Waals surface area contributed by atoms with Gasteiger partial charge in [-0.1, -0.05) is 19.1 Å². The minimum Gasteiger partial charge on any atom is -0.354 e. The zero-order valence-electron chi connectivity index (χ0n) is 15.0. The fourth-order valence-corrected chi connectivity index (χ4v) is 3.42. The third-order valence-electron chi connectivity index (χ3n) is 4.77. The SMILES string of the molecule is Cc1nc2ccccc2c(=O)n1CC(=O)NC[C@H](C)CN1CCCC1. The molecule has 2 aromatic rings. The average molecular weight is 342 g/mol. The maximum Gasteiger partial charge on any atom is 0.261 e. The second-order valence-corrected chi connectivity index (χ2v) is 6.98. The lowest BCUT2D eigenvalue weighted by atomic mass is 10.1. The molecule has 1 fully saturated rings. The summed E-state index contributed by atoms with van der Waals surface area (Å²) in [4.78, 5) is 31.7. The molecule has 0 saturated carbocycles. The predicted octanol–water partition coefficient (Wildman–Crippen LogP) is 1.55. The Bertz CT molecular complexity index is 809. The zero-order chi connectivity index (χ0) is 17.8. The number of aryl methyl sites for hydroxylation is 1. The number of carbonyl (C=O) groups is 1. The van der Waals surface area contributed by atoms with E-state index in [9.17, 15) is 9.59 Å². The minimum absolute atomic E-state index is 0.0128. The molecular weight excluding hydrogens is 316 g/mol. The van der Waals surface area contributed by atoms with Gasteiger partial charge in [0.1, 0.15) is 12.4 Å². The second kappa shape index (κ2) is 7.78. The van der Waals surface area contributed by atoms with Crippen LogP contribution in [0.5, 0.6) is 0 Å². The van der Waals surface area contributed by atoms with Crippen LogP contribution in [0.2, 0.25) is 0 Å². The quantitative estimate of drug-likeness (QED) is 0.865. The fourth-order valence-electron chi connectivity index (χ4n) is 3.42. The summed E-state index contributed by atoms with van der Waals surface area (Å²) in [7, 11) is 0. The first-order chi connectivity index (χ1) is 12.0.